The Kier molecular flexibility index (Phi) is 5.07. The summed E-state index contributed by atoms with van der Waals surface area (Å²) in [5, 5.41) is 3.44. The molecule has 0 saturated heterocycles. The summed E-state index contributed by atoms with van der Waals surface area (Å²) in [6.07, 6.45) is 0.825. The molecule has 7 nitrogen and oxygen atoms in total. The van der Waals surface area contributed by atoms with E-state index in [1.807, 2.05) is 20.8 Å². The van der Waals surface area contributed by atoms with Crippen molar-refractivity contribution in [3.05, 3.63) is 5.82 Å². The van der Waals surface area contributed by atoms with Crippen LogP contribution >= 0.6 is 23.3 Å². The second kappa shape index (κ2) is 6.80. The van der Waals surface area contributed by atoms with Crippen LogP contribution in [-0.4, -0.2) is 37.5 Å². The van der Waals surface area contributed by atoms with Gasteiger partial charge in [0.1, 0.15) is 5.82 Å². The van der Waals surface area contributed by atoms with Crippen molar-refractivity contribution in [1.82, 2.24) is 24.3 Å². The average Bonchev–Trinajstić information content (AvgIpc) is 2.85. The summed E-state index contributed by atoms with van der Waals surface area (Å²) in [6, 6.07) is 0.307. The van der Waals surface area contributed by atoms with Crippen LogP contribution in [0.3, 0.4) is 0 Å². The second-order valence-corrected chi connectivity index (χ2v) is 6.04. The molecule has 20 heavy (non-hydrogen) atoms. The van der Waals surface area contributed by atoms with Gasteiger partial charge in [-0.25, -0.2) is 4.98 Å². The number of nitrogens with zero attached hydrogens (tertiary/aromatic N) is 5. The molecule has 2 aromatic rings. The number of hydrogen-bond donors (Lipinski definition) is 1. The Morgan fingerprint density at radius 2 is 2.05 bits per heavy atom. The monoisotopic (exact) mass is 312 g/mol. The minimum atomic E-state index is 0.00757. The van der Waals surface area contributed by atoms with E-state index in [1.165, 1.54) is 23.3 Å². The molecule has 0 saturated carbocycles. The predicted octanol–water partition coefficient (Wildman–Crippen LogP) is 2.27. The van der Waals surface area contributed by atoms with Gasteiger partial charge in [0.25, 0.3) is 0 Å². The number of nitrogens with one attached hydrogen (secondary N) is 1. The fourth-order valence-electron chi connectivity index (χ4n) is 1.26. The first kappa shape index (κ1) is 14.9. The lowest BCUT2D eigenvalue weighted by Gasteiger charge is -2.09. The number of rotatable bonds is 6. The first-order valence-corrected chi connectivity index (χ1v) is 7.80. The third-order valence-corrected chi connectivity index (χ3v) is 3.76. The Balaban J connectivity index is 2.21. The molecule has 0 atom stereocenters. The van der Waals surface area contributed by atoms with Gasteiger partial charge in [-0.3, -0.25) is 0 Å². The summed E-state index contributed by atoms with van der Waals surface area (Å²) in [6.45, 7) is 5.87. The number of ether oxygens (including phenoxy) is 1. The second-order valence-electron chi connectivity index (χ2n) is 4.07. The Bertz CT molecular complexity index is 574. The standard InChI is InChI=1S/C11H16N6OS2/c1-5-7-13-11(20-17-7)19-10-15-8(12-4)14-9(16-10)18-6(2)3/h6H,5H2,1-4H3,(H,12,14,15,16). The molecule has 0 aliphatic rings. The molecule has 0 fully saturated rings. The summed E-state index contributed by atoms with van der Waals surface area (Å²) in [4.78, 5) is 17.1. The molecule has 0 aromatic carbocycles. The molecule has 0 bridgehead atoms. The molecule has 0 radical (unpaired) electrons. The molecular weight excluding hydrogens is 296 g/mol. The van der Waals surface area contributed by atoms with Crippen LogP contribution in [0, 0.1) is 0 Å². The molecule has 0 aliphatic carbocycles. The molecule has 2 aromatic heterocycles. The van der Waals surface area contributed by atoms with Crippen molar-refractivity contribution in [1.29, 1.82) is 0 Å². The summed E-state index contributed by atoms with van der Waals surface area (Å²) in [5.41, 5.74) is 0. The van der Waals surface area contributed by atoms with Gasteiger partial charge in [0, 0.05) is 13.5 Å². The van der Waals surface area contributed by atoms with Gasteiger partial charge in [-0.1, -0.05) is 6.92 Å². The van der Waals surface area contributed by atoms with Gasteiger partial charge in [-0.05, 0) is 37.1 Å². The number of aromatic nitrogens is 5. The fourth-order valence-corrected chi connectivity index (χ4v) is 2.81. The van der Waals surface area contributed by atoms with Gasteiger partial charge >= 0.3 is 6.01 Å². The highest BCUT2D eigenvalue weighted by Gasteiger charge is 2.12. The van der Waals surface area contributed by atoms with Crippen LogP contribution in [0.4, 0.5) is 5.95 Å². The minimum absolute atomic E-state index is 0.00757. The first-order chi connectivity index (χ1) is 9.60. The fraction of sp³-hybridized carbons (Fsp3) is 0.545. The van der Waals surface area contributed by atoms with E-state index in [4.69, 9.17) is 4.74 Å². The third-order valence-electron chi connectivity index (χ3n) is 2.10. The maximum absolute atomic E-state index is 5.51. The number of anilines is 1. The van der Waals surface area contributed by atoms with Crippen LogP contribution in [0.1, 0.15) is 26.6 Å². The Morgan fingerprint density at radius 3 is 2.65 bits per heavy atom. The van der Waals surface area contributed by atoms with E-state index in [0.717, 1.165) is 16.6 Å². The van der Waals surface area contributed by atoms with Crippen molar-refractivity contribution >= 4 is 29.2 Å². The zero-order chi connectivity index (χ0) is 14.5. The summed E-state index contributed by atoms with van der Waals surface area (Å²) >= 11 is 2.70. The van der Waals surface area contributed by atoms with E-state index < -0.39 is 0 Å². The topological polar surface area (TPSA) is 85.7 Å². The lowest BCUT2D eigenvalue weighted by Crippen LogP contribution is -2.10. The molecule has 0 spiro atoms. The maximum atomic E-state index is 5.51. The Labute approximate surface area is 125 Å². The first-order valence-electron chi connectivity index (χ1n) is 6.21. The number of hydrogen-bond acceptors (Lipinski definition) is 9. The highest BCUT2D eigenvalue weighted by molar-refractivity contribution is 8.00. The molecule has 108 valence electrons. The van der Waals surface area contributed by atoms with E-state index >= 15 is 0 Å². The highest BCUT2D eigenvalue weighted by Crippen LogP contribution is 2.27. The van der Waals surface area contributed by atoms with Gasteiger partial charge in [0.15, 0.2) is 4.34 Å². The average molecular weight is 312 g/mol. The molecule has 2 rings (SSSR count). The lowest BCUT2D eigenvalue weighted by molar-refractivity contribution is 0.219. The molecule has 0 aliphatic heterocycles. The molecular formula is C11H16N6OS2. The normalized spacial score (nSPS) is 10.8. The smallest absolute Gasteiger partial charge is 0.322 e. The summed E-state index contributed by atoms with van der Waals surface area (Å²) in [7, 11) is 1.75. The lowest BCUT2D eigenvalue weighted by atomic mass is 10.5. The van der Waals surface area contributed by atoms with Crippen molar-refractivity contribution in [2.24, 2.45) is 0 Å². The van der Waals surface area contributed by atoms with E-state index in [0.29, 0.717) is 17.1 Å². The minimum Gasteiger partial charge on any atom is -0.461 e. The van der Waals surface area contributed by atoms with Crippen LogP contribution in [0.15, 0.2) is 9.50 Å². The van der Waals surface area contributed by atoms with Crippen LogP contribution in [0.25, 0.3) is 0 Å². The zero-order valence-electron chi connectivity index (χ0n) is 11.7. The Hall–Kier alpha value is -1.48. The molecule has 1 N–H and O–H groups in total. The largest absolute Gasteiger partial charge is 0.461 e. The third kappa shape index (κ3) is 4.01. The van der Waals surface area contributed by atoms with Crippen molar-refractivity contribution in [3.63, 3.8) is 0 Å². The van der Waals surface area contributed by atoms with Crippen LogP contribution in [0.5, 0.6) is 6.01 Å². The van der Waals surface area contributed by atoms with Crippen molar-refractivity contribution in [3.8, 4) is 6.01 Å². The number of aryl methyl sites for hydroxylation is 1. The molecule has 9 heteroatoms. The molecule has 0 unspecified atom stereocenters. The van der Waals surface area contributed by atoms with Crippen LogP contribution < -0.4 is 10.1 Å². The SMILES string of the molecule is CCc1nsc(Sc2nc(NC)nc(OC(C)C)n2)n1. The van der Waals surface area contributed by atoms with E-state index in [1.54, 1.807) is 7.05 Å². The quantitative estimate of drug-likeness (QED) is 0.869. The van der Waals surface area contributed by atoms with E-state index in [-0.39, 0.29) is 6.10 Å². The predicted molar refractivity (Wildman–Crippen MR) is 78.5 cm³/mol. The van der Waals surface area contributed by atoms with Crippen LogP contribution in [0.2, 0.25) is 0 Å². The highest BCUT2D eigenvalue weighted by atomic mass is 32.2. The molecule has 2 heterocycles. The van der Waals surface area contributed by atoms with Gasteiger partial charge in [0.2, 0.25) is 11.1 Å². The summed E-state index contributed by atoms with van der Waals surface area (Å²) < 4.78 is 10.6. The zero-order valence-corrected chi connectivity index (χ0v) is 13.4. The van der Waals surface area contributed by atoms with E-state index in [9.17, 15) is 0 Å². The van der Waals surface area contributed by atoms with E-state index in [2.05, 4.69) is 29.6 Å². The molecule has 0 amide bonds. The van der Waals surface area contributed by atoms with Crippen LogP contribution in [-0.2, 0) is 6.42 Å². The van der Waals surface area contributed by atoms with Gasteiger partial charge in [-0.15, -0.1) is 0 Å². The van der Waals surface area contributed by atoms with Gasteiger partial charge in [-0.2, -0.15) is 19.3 Å². The van der Waals surface area contributed by atoms with Crippen molar-refractivity contribution in [2.75, 3.05) is 12.4 Å². The van der Waals surface area contributed by atoms with Crippen molar-refractivity contribution < 1.29 is 4.74 Å². The van der Waals surface area contributed by atoms with Gasteiger partial charge in [0.05, 0.1) is 6.10 Å². The summed E-state index contributed by atoms with van der Waals surface area (Å²) in [5.74, 6) is 1.30. The van der Waals surface area contributed by atoms with Crippen molar-refractivity contribution in [2.45, 2.75) is 42.8 Å². The maximum Gasteiger partial charge on any atom is 0.322 e. The Morgan fingerprint density at radius 1 is 1.25 bits per heavy atom. The van der Waals surface area contributed by atoms with Gasteiger partial charge < -0.3 is 10.1 Å².